The number of carbonyl (C=O) groups is 1. The van der Waals surface area contributed by atoms with Crippen molar-refractivity contribution in [3.05, 3.63) is 36.4 Å². The van der Waals surface area contributed by atoms with Crippen LogP contribution in [-0.4, -0.2) is 25.8 Å². The summed E-state index contributed by atoms with van der Waals surface area (Å²) in [4.78, 5) is 10.1. The Morgan fingerprint density at radius 2 is 1.76 bits per heavy atom. The SMILES string of the molecule is O=C1CCNN1.O=S(O)O.[Na+].[c-]1ccccc1. The molecule has 6 nitrogen and oxygen atoms in total. The van der Waals surface area contributed by atoms with Gasteiger partial charge in [-0.15, -0.1) is 0 Å². The summed E-state index contributed by atoms with van der Waals surface area (Å²) in [6, 6.07) is 12.5. The van der Waals surface area contributed by atoms with Gasteiger partial charge in [-0.25, -0.2) is 5.43 Å². The van der Waals surface area contributed by atoms with Crippen LogP contribution in [0.15, 0.2) is 30.3 Å². The second-order valence-electron chi connectivity index (χ2n) is 2.53. The molecule has 1 fully saturated rings. The van der Waals surface area contributed by atoms with Gasteiger partial charge in [0.2, 0.25) is 5.91 Å². The summed E-state index contributed by atoms with van der Waals surface area (Å²) in [7, 11) is 0. The third kappa shape index (κ3) is 18.3. The molecule has 1 aliphatic rings. The van der Waals surface area contributed by atoms with Crippen molar-refractivity contribution in [2.75, 3.05) is 6.54 Å². The van der Waals surface area contributed by atoms with Crippen LogP contribution in [0.5, 0.6) is 0 Å². The Morgan fingerprint density at radius 3 is 1.88 bits per heavy atom. The van der Waals surface area contributed by atoms with E-state index >= 15 is 0 Å². The number of hydrogen-bond donors (Lipinski definition) is 4. The van der Waals surface area contributed by atoms with Gasteiger partial charge in [0, 0.05) is 13.0 Å². The zero-order chi connectivity index (χ0) is 12.2. The molecule has 17 heavy (non-hydrogen) atoms. The Bertz CT molecular complexity index is 274. The van der Waals surface area contributed by atoms with Crippen LogP contribution < -0.4 is 40.4 Å². The number of nitrogens with one attached hydrogen (secondary N) is 2. The van der Waals surface area contributed by atoms with E-state index < -0.39 is 11.4 Å². The standard InChI is InChI=1S/C6H5.C3H6N2O.Na.H2O3S/c1-2-4-6-5-3-1;6-3-1-2-4-5-3;;1-4(2)3/h1-5H;4H,1-2H2,(H,5,6);;(H2,1,2,3)/q-1;;+1;. The second-order valence-corrected chi connectivity index (χ2v) is 2.99. The third-order valence-corrected chi connectivity index (χ3v) is 1.31. The molecule has 0 radical (unpaired) electrons. The topological polar surface area (TPSA) is 98.7 Å². The van der Waals surface area contributed by atoms with E-state index in [9.17, 15) is 4.79 Å². The normalized spacial score (nSPS) is 12.3. The maximum absolute atomic E-state index is 10.1. The summed E-state index contributed by atoms with van der Waals surface area (Å²) < 4.78 is 22.8. The number of amides is 1. The summed E-state index contributed by atoms with van der Waals surface area (Å²) in [5.41, 5.74) is 5.10. The zero-order valence-electron chi connectivity index (χ0n) is 9.42. The first-order chi connectivity index (χ1) is 7.63. The van der Waals surface area contributed by atoms with Crippen molar-refractivity contribution in [2.24, 2.45) is 0 Å². The molecule has 0 atom stereocenters. The molecular weight excluding hydrogens is 255 g/mol. The first-order valence-electron chi connectivity index (χ1n) is 4.35. The molecule has 0 spiro atoms. The van der Waals surface area contributed by atoms with Crippen LogP contribution in [0.25, 0.3) is 0 Å². The summed E-state index contributed by atoms with van der Waals surface area (Å²) in [5.74, 6) is 0.0926. The van der Waals surface area contributed by atoms with E-state index in [1.165, 1.54) is 0 Å². The largest absolute Gasteiger partial charge is 1.00 e. The van der Waals surface area contributed by atoms with E-state index in [1.54, 1.807) is 0 Å². The molecule has 1 aromatic carbocycles. The van der Waals surface area contributed by atoms with Crippen molar-refractivity contribution in [3.8, 4) is 0 Å². The van der Waals surface area contributed by atoms with Crippen LogP contribution >= 0.6 is 0 Å². The van der Waals surface area contributed by atoms with Gasteiger partial charge in [-0.05, 0) is 0 Å². The smallest absolute Gasteiger partial charge is 0.292 e. The molecule has 1 amide bonds. The zero-order valence-corrected chi connectivity index (χ0v) is 12.2. The molecule has 90 valence electrons. The number of carbonyl (C=O) groups excluding carboxylic acids is 1. The molecule has 8 heteroatoms. The monoisotopic (exact) mass is 268 g/mol. The van der Waals surface area contributed by atoms with Crippen molar-refractivity contribution in [1.82, 2.24) is 10.9 Å². The molecule has 0 unspecified atom stereocenters. The van der Waals surface area contributed by atoms with E-state index in [0.717, 1.165) is 6.54 Å². The van der Waals surface area contributed by atoms with Crippen LogP contribution in [0, 0.1) is 6.07 Å². The first-order valence-corrected chi connectivity index (χ1v) is 5.42. The third-order valence-electron chi connectivity index (χ3n) is 1.31. The Kier molecular flexibility index (Phi) is 15.5. The van der Waals surface area contributed by atoms with E-state index in [4.69, 9.17) is 13.3 Å². The van der Waals surface area contributed by atoms with Crippen LogP contribution in [0.2, 0.25) is 0 Å². The minimum Gasteiger partial charge on any atom is -0.292 e. The number of hydrogen-bond acceptors (Lipinski definition) is 3. The first kappa shape index (κ1) is 19.1. The van der Waals surface area contributed by atoms with Crippen molar-refractivity contribution >= 4 is 17.3 Å². The van der Waals surface area contributed by atoms with Crippen molar-refractivity contribution in [1.29, 1.82) is 0 Å². The molecule has 0 aliphatic carbocycles. The molecule has 0 bridgehead atoms. The predicted molar refractivity (Wildman–Crippen MR) is 59.4 cm³/mol. The van der Waals surface area contributed by atoms with E-state index in [1.807, 2.05) is 30.3 Å². The van der Waals surface area contributed by atoms with E-state index in [-0.39, 0.29) is 35.5 Å². The van der Waals surface area contributed by atoms with Crippen LogP contribution in [-0.2, 0) is 16.2 Å². The van der Waals surface area contributed by atoms with Crippen LogP contribution in [0.1, 0.15) is 6.42 Å². The van der Waals surface area contributed by atoms with Gasteiger partial charge < -0.3 is 0 Å². The Hall–Kier alpha value is -0.280. The molecule has 2 rings (SSSR count). The summed E-state index contributed by atoms with van der Waals surface area (Å²) in [6.07, 6.45) is 0.625. The van der Waals surface area contributed by atoms with Gasteiger partial charge in [0.1, 0.15) is 0 Å². The Labute approximate surface area is 125 Å². The van der Waals surface area contributed by atoms with Crippen molar-refractivity contribution < 1.29 is 47.7 Å². The van der Waals surface area contributed by atoms with Crippen LogP contribution in [0.4, 0.5) is 0 Å². The quantitative estimate of drug-likeness (QED) is 0.231. The van der Waals surface area contributed by atoms with Gasteiger partial charge in [0.25, 0.3) is 11.4 Å². The fourth-order valence-electron chi connectivity index (χ4n) is 0.742. The number of hydrazine groups is 1. The molecular formula is C9H13N2NaO4S. The summed E-state index contributed by atoms with van der Waals surface area (Å²) in [6.45, 7) is 0.777. The average molecular weight is 268 g/mol. The minimum absolute atomic E-state index is 0. The van der Waals surface area contributed by atoms with Gasteiger partial charge in [-0.2, -0.15) is 40.6 Å². The molecule has 1 aromatic rings. The van der Waals surface area contributed by atoms with Gasteiger partial charge in [-0.1, -0.05) is 0 Å². The van der Waals surface area contributed by atoms with Gasteiger partial charge >= 0.3 is 29.6 Å². The fourth-order valence-corrected chi connectivity index (χ4v) is 0.742. The molecule has 1 saturated heterocycles. The maximum Gasteiger partial charge on any atom is 1.00 e. The van der Waals surface area contributed by atoms with E-state index in [0.29, 0.717) is 6.42 Å². The van der Waals surface area contributed by atoms with Gasteiger partial charge in [0.15, 0.2) is 0 Å². The number of benzene rings is 1. The summed E-state index contributed by atoms with van der Waals surface area (Å²) >= 11 is -2.61. The van der Waals surface area contributed by atoms with Crippen molar-refractivity contribution in [2.45, 2.75) is 6.42 Å². The minimum atomic E-state index is -2.61. The molecule has 0 saturated carbocycles. The number of rotatable bonds is 0. The van der Waals surface area contributed by atoms with Gasteiger partial charge in [-0.3, -0.25) is 19.3 Å². The van der Waals surface area contributed by atoms with Crippen LogP contribution in [0.3, 0.4) is 0 Å². The van der Waals surface area contributed by atoms with Gasteiger partial charge in [0.05, 0.1) is 0 Å². The Balaban J connectivity index is 0. The maximum atomic E-state index is 10.1. The molecule has 4 N–H and O–H groups in total. The second kappa shape index (κ2) is 13.8. The molecule has 1 aliphatic heterocycles. The molecule has 1 heterocycles. The van der Waals surface area contributed by atoms with Crippen molar-refractivity contribution in [3.63, 3.8) is 0 Å². The summed E-state index contributed by atoms with van der Waals surface area (Å²) in [5, 5.41) is 0. The Morgan fingerprint density at radius 1 is 1.24 bits per heavy atom. The molecule has 0 aromatic heterocycles. The predicted octanol–water partition coefficient (Wildman–Crippen LogP) is -2.82. The average Bonchev–Trinajstić information content (AvgIpc) is 2.72. The fraction of sp³-hybridized carbons (Fsp3) is 0.222. The van der Waals surface area contributed by atoms with E-state index in [2.05, 4.69) is 16.9 Å².